The predicted molar refractivity (Wildman–Crippen MR) is 78.8 cm³/mol. The molecule has 6 nitrogen and oxygen atoms in total. The van der Waals surface area contributed by atoms with E-state index in [0.717, 1.165) is 5.56 Å². The molecule has 21 heavy (non-hydrogen) atoms. The largest absolute Gasteiger partial charge is 0.421 e. The summed E-state index contributed by atoms with van der Waals surface area (Å²) in [4.78, 5) is 15.7. The number of aryl methyl sites for hydroxylation is 1. The number of carbonyl (C=O) groups is 1. The fourth-order valence-electron chi connectivity index (χ4n) is 1.74. The van der Waals surface area contributed by atoms with E-state index in [9.17, 15) is 4.79 Å². The summed E-state index contributed by atoms with van der Waals surface area (Å²) in [5, 5.41) is 14.6. The highest BCUT2D eigenvalue weighted by Crippen LogP contribution is 2.20. The summed E-state index contributed by atoms with van der Waals surface area (Å²) in [5.74, 6) is 0.828. The summed E-state index contributed by atoms with van der Waals surface area (Å²) < 4.78 is 5.52. The first-order valence-corrected chi connectivity index (χ1v) is 7.30. The van der Waals surface area contributed by atoms with Gasteiger partial charge >= 0.3 is 0 Å². The maximum Gasteiger partial charge on any atom is 0.248 e. The molecule has 7 heteroatoms. The Kier molecular flexibility index (Phi) is 4.02. The van der Waals surface area contributed by atoms with Crippen molar-refractivity contribution in [1.29, 1.82) is 0 Å². The Hall–Kier alpha value is -2.54. The third-order valence-electron chi connectivity index (χ3n) is 2.75. The SMILES string of the molecule is O=C(CCc1nnc(-c2ccsc2)o1)Nc1cccnc1. The van der Waals surface area contributed by atoms with Crippen LogP contribution in [0.4, 0.5) is 5.69 Å². The molecule has 3 heterocycles. The van der Waals surface area contributed by atoms with Crippen LogP contribution in [0.3, 0.4) is 0 Å². The first-order valence-electron chi connectivity index (χ1n) is 6.36. The molecule has 3 rings (SSSR count). The number of rotatable bonds is 5. The van der Waals surface area contributed by atoms with Crippen LogP contribution in [0.5, 0.6) is 0 Å². The van der Waals surface area contributed by atoms with Gasteiger partial charge in [-0.3, -0.25) is 9.78 Å². The van der Waals surface area contributed by atoms with E-state index in [0.29, 0.717) is 23.9 Å². The molecular formula is C14H12N4O2S. The summed E-state index contributed by atoms with van der Waals surface area (Å²) >= 11 is 1.57. The third-order valence-corrected chi connectivity index (χ3v) is 3.43. The molecule has 0 spiro atoms. The van der Waals surface area contributed by atoms with E-state index in [-0.39, 0.29) is 12.3 Å². The average Bonchev–Trinajstić information content (AvgIpc) is 3.17. The Bertz CT molecular complexity index is 710. The van der Waals surface area contributed by atoms with E-state index < -0.39 is 0 Å². The van der Waals surface area contributed by atoms with Crippen LogP contribution in [0.15, 0.2) is 45.8 Å². The number of nitrogens with zero attached hydrogens (tertiary/aromatic N) is 3. The van der Waals surface area contributed by atoms with E-state index in [2.05, 4.69) is 20.5 Å². The second-order valence-electron chi connectivity index (χ2n) is 4.30. The van der Waals surface area contributed by atoms with Gasteiger partial charge in [0, 0.05) is 30.0 Å². The second kappa shape index (κ2) is 6.27. The van der Waals surface area contributed by atoms with Crippen molar-refractivity contribution in [3.63, 3.8) is 0 Å². The Morgan fingerprint density at radius 3 is 3.05 bits per heavy atom. The minimum atomic E-state index is -0.113. The van der Waals surface area contributed by atoms with Crippen molar-refractivity contribution < 1.29 is 9.21 Å². The summed E-state index contributed by atoms with van der Waals surface area (Å²) in [6.07, 6.45) is 3.93. The molecule has 0 aromatic carbocycles. The molecule has 0 saturated carbocycles. The third kappa shape index (κ3) is 3.51. The number of hydrogen-bond donors (Lipinski definition) is 1. The zero-order valence-electron chi connectivity index (χ0n) is 11.0. The van der Waals surface area contributed by atoms with Gasteiger partial charge in [0.05, 0.1) is 11.9 Å². The van der Waals surface area contributed by atoms with Crippen molar-refractivity contribution >= 4 is 22.9 Å². The molecule has 3 aromatic rings. The Labute approximate surface area is 124 Å². The van der Waals surface area contributed by atoms with Gasteiger partial charge in [-0.1, -0.05) is 0 Å². The monoisotopic (exact) mass is 300 g/mol. The minimum absolute atomic E-state index is 0.113. The van der Waals surface area contributed by atoms with E-state index >= 15 is 0 Å². The number of aromatic nitrogens is 3. The Morgan fingerprint density at radius 2 is 2.29 bits per heavy atom. The number of amides is 1. The van der Waals surface area contributed by atoms with E-state index in [1.54, 1.807) is 35.9 Å². The van der Waals surface area contributed by atoms with E-state index in [1.807, 2.05) is 16.8 Å². The van der Waals surface area contributed by atoms with Crippen LogP contribution in [0.2, 0.25) is 0 Å². The first kappa shape index (κ1) is 13.4. The van der Waals surface area contributed by atoms with Crippen molar-refractivity contribution in [2.75, 3.05) is 5.32 Å². The summed E-state index contributed by atoms with van der Waals surface area (Å²) in [7, 11) is 0. The topological polar surface area (TPSA) is 80.9 Å². The lowest BCUT2D eigenvalue weighted by molar-refractivity contribution is -0.116. The van der Waals surface area contributed by atoms with Gasteiger partial charge in [0.15, 0.2) is 0 Å². The molecule has 0 aliphatic carbocycles. The van der Waals surface area contributed by atoms with Gasteiger partial charge in [-0.2, -0.15) is 11.3 Å². The molecule has 1 amide bonds. The number of nitrogens with one attached hydrogen (secondary N) is 1. The summed E-state index contributed by atoms with van der Waals surface area (Å²) in [6, 6.07) is 5.46. The van der Waals surface area contributed by atoms with Crippen LogP contribution >= 0.6 is 11.3 Å². The van der Waals surface area contributed by atoms with Gasteiger partial charge in [-0.25, -0.2) is 0 Å². The average molecular weight is 300 g/mol. The fraction of sp³-hybridized carbons (Fsp3) is 0.143. The molecule has 0 fully saturated rings. The smallest absolute Gasteiger partial charge is 0.248 e. The van der Waals surface area contributed by atoms with E-state index in [4.69, 9.17) is 4.42 Å². The Balaban J connectivity index is 1.54. The molecule has 3 aromatic heterocycles. The van der Waals surface area contributed by atoms with Gasteiger partial charge in [0.25, 0.3) is 0 Å². The van der Waals surface area contributed by atoms with Crippen LogP contribution in [-0.4, -0.2) is 21.1 Å². The molecule has 0 aliphatic rings. The van der Waals surface area contributed by atoms with Gasteiger partial charge in [-0.15, -0.1) is 10.2 Å². The maximum atomic E-state index is 11.8. The van der Waals surface area contributed by atoms with Crippen LogP contribution in [0, 0.1) is 0 Å². The van der Waals surface area contributed by atoms with Crippen molar-refractivity contribution in [3.8, 4) is 11.5 Å². The number of anilines is 1. The zero-order chi connectivity index (χ0) is 14.5. The second-order valence-corrected chi connectivity index (χ2v) is 5.08. The lowest BCUT2D eigenvalue weighted by Crippen LogP contribution is -2.12. The molecule has 0 radical (unpaired) electrons. The summed E-state index contributed by atoms with van der Waals surface area (Å²) in [5.41, 5.74) is 1.57. The number of thiophene rings is 1. The van der Waals surface area contributed by atoms with Crippen LogP contribution in [0.1, 0.15) is 12.3 Å². The summed E-state index contributed by atoms with van der Waals surface area (Å²) in [6.45, 7) is 0. The van der Waals surface area contributed by atoms with Gasteiger partial charge in [-0.05, 0) is 23.6 Å². The molecule has 0 atom stereocenters. The van der Waals surface area contributed by atoms with Gasteiger partial charge in [0.1, 0.15) is 0 Å². The lowest BCUT2D eigenvalue weighted by Gasteiger charge is -2.02. The molecule has 0 aliphatic heterocycles. The number of pyridine rings is 1. The highest BCUT2D eigenvalue weighted by atomic mass is 32.1. The first-order chi connectivity index (χ1) is 10.3. The standard InChI is InChI=1S/C14H12N4O2S/c19-12(16-11-2-1-6-15-8-11)3-4-13-17-18-14(20-13)10-5-7-21-9-10/h1-2,5-9H,3-4H2,(H,16,19). The fourth-order valence-corrected chi connectivity index (χ4v) is 2.37. The normalized spacial score (nSPS) is 10.5. The predicted octanol–water partition coefficient (Wildman–Crippen LogP) is 2.76. The van der Waals surface area contributed by atoms with Crippen LogP contribution in [0.25, 0.3) is 11.5 Å². The number of hydrogen-bond acceptors (Lipinski definition) is 6. The van der Waals surface area contributed by atoms with Crippen LogP contribution < -0.4 is 5.32 Å². The van der Waals surface area contributed by atoms with Crippen LogP contribution in [-0.2, 0) is 11.2 Å². The van der Waals surface area contributed by atoms with Crippen molar-refractivity contribution in [2.45, 2.75) is 12.8 Å². The quantitative estimate of drug-likeness (QED) is 0.783. The van der Waals surface area contributed by atoms with E-state index in [1.165, 1.54) is 0 Å². The lowest BCUT2D eigenvalue weighted by atomic mass is 10.3. The molecular weight excluding hydrogens is 288 g/mol. The number of carbonyl (C=O) groups excluding carboxylic acids is 1. The molecule has 0 unspecified atom stereocenters. The maximum absolute atomic E-state index is 11.8. The van der Waals surface area contributed by atoms with Crippen molar-refractivity contribution in [3.05, 3.63) is 47.2 Å². The zero-order valence-corrected chi connectivity index (χ0v) is 11.8. The van der Waals surface area contributed by atoms with Gasteiger partial charge < -0.3 is 9.73 Å². The minimum Gasteiger partial charge on any atom is -0.421 e. The Morgan fingerprint density at radius 1 is 1.33 bits per heavy atom. The molecule has 0 bridgehead atoms. The van der Waals surface area contributed by atoms with Gasteiger partial charge in [0.2, 0.25) is 17.7 Å². The molecule has 106 valence electrons. The molecule has 0 saturated heterocycles. The molecule has 1 N–H and O–H groups in total. The highest BCUT2D eigenvalue weighted by molar-refractivity contribution is 7.08. The van der Waals surface area contributed by atoms with Crippen molar-refractivity contribution in [1.82, 2.24) is 15.2 Å². The van der Waals surface area contributed by atoms with Crippen molar-refractivity contribution in [2.24, 2.45) is 0 Å². The highest BCUT2D eigenvalue weighted by Gasteiger charge is 2.10.